The summed E-state index contributed by atoms with van der Waals surface area (Å²) in [6.45, 7) is 4.51. The van der Waals surface area contributed by atoms with Crippen LogP contribution in [0.25, 0.3) is 0 Å². The zero-order chi connectivity index (χ0) is 10.2. The Morgan fingerprint density at radius 2 is 1.86 bits per heavy atom. The van der Waals surface area contributed by atoms with E-state index in [1.54, 1.807) is 0 Å². The van der Waals surface area contributed by atoms with Gasteiger partial charge in [0.2, 0.25) is 0 Å². The standard InChI is InChI=1S/C11H22O3/c1-2-13-7-8-14-11-5-3-10(9-12)4-6-11/h10-12H,2-9H2,1H3. The van der Waals surface area contributed by atoms with Gasteiger partial charge in [-0.25, -0.2) is 0 Å². The first-order valence-electron chi connectivity index (χ1n) is 5.67. The van der Waals surface area contributed by atoms with Crippen molar-refractivity contribution in [1.29, 1.82) is 0 Å². The van der Waals surface area contributed by atoms with Gasteiger partial charge >= 0.3 is 0 Å². The van der Waals surface area contributed by atoms with Gasteiger partial charge in [0.25, 0.3) is 0 Å². The summed E-state index contributed by atoms with van der Waals surface area (Å²) in [6, 6.07) is 0. The molecule has 0 aromatic rings. The van der Waals surface area contributed by atoms with Crippen molar-refractivity contribution in [3.05, 3.63) is 0 Å². The van der Waals surface area contributed by atoms with Gasteiger partial charge in [-0.3, -0.25) is 0 Å². The van der Waals surface area contributed by atoms with Gasteiger partial charge in [-0.15, -0.1) is 0 Å². The fraction of sp³-hybridized carbons (Fsp3) is 1.00. The van der Waals surface area contributed by atoms with Gasteiger partial charge < -0.3 is 14.6 Å². The smallest absolute Gasteiger partial charge is 0.0704 e. The predicted octanol–water partition coefficient (Wildman–Crippen LogP) is 1.59. The summed E-state index contributed by atoms with van der Waals surface area (Å²) in [5.41, 5.74) is 0. The van der Waals surface area contributed by atoms with E-state index in [-0.39, 0.29) is 0 Å². The molecule has 1 saturated carbocycles. The molecule has 1 rings (SSSR count). The maximum Gasteiger partial charge on any atom is 0.0704 e. The van der Waals surface area contributed by atoms with E-state index in [1.165, 1.54) is 0 Å². The van der Waals surface area contributed by atoms with Crippen LogP contribution in [-0.2, 0) is 9.47 Å². The molecule has 0 aromatic heterocycles. The zero-order valence-corrected chi connectivity index (χ0v) is 9.08. The Kier molecular flexibility index (Phi) is 6.15. The number of hydrogen-bond donors (Lipinski definition) is 1. The molecule has 3 heteroatoms. The first-order chi connectivity index (χ1) is 6.86. The maximum atomic E-state index is 8.96. The van der Waals surface area contributed by atoms with E-state index in [2.05, 4.69) is 0 Å². The minimum absolute atomic E-state index is 0.339. The maximum absolute atomic E-state index is 8.96. The number of rotatable bonds is 6. The molecule has 0 amide bonds. The molecule has 0 atom stereocenters. The number of ether oxygens (including phenoxy) is 2. The van der Waals surface area contributed by atoms with E-state index in [0.717, 1.165) is 32.3 Å². The lowest BCUT2D eigenvalue weighted by atomic mass is 9.88. The van der Waals surface area contributed by atoms with Crippen LogP contribution in [0.1, 0.15) is 32.6 Å². The lowest BCUT2D eigenvalue weighted by Crippen LogP contribution is -2.24. The van der Waals surface area contributed by atoms with Crippen LogP contribution < -0.4 is 0 Å². The lowest BCUT2D eigenvalue weighted by Gasteiger charge is -2.27. The summed E-state index contributed by atoms with van der Waals surface area (Å²) in [7, 11) is 0. The summed E-state index contributed by atoms with van der Waals surface area (Å²) in [6.07, 6.45) is 4.80. The Morgan fingerprint density at radius 1 is 1.14 bits per heavy atom. The Bertz CT molecular complexity index is 130. The molecule has 0 aromatic carbocycles. The molecule has 0 bridgehead atoms. The molecule has 0 unspecified atom stereocenters. The third-order valence-electron chi connectivity index (χ3n) is 2.84. The highest BCUT2D eigenvalue weighted by atomic mass is 16.5. The van der Waals surface area contributed by atoms with Gasteiger partial charge in [0.1, 0.15) is 0 Å². The normalized spacial score (nSPS) is 27.9. The van der Waals surface area contributed by atoms with Gasteiger partial charge in [0, 0.05) is 13.2 Å². The van der Waals surface area contributed by atoms with E-state index in [0.29, 0.717) is 31.8 Å². The van der Waals surface area contributed by atoms with E-state index >= 15 is 0 Å². The summed E-state index contributed by atoms with van der Waals surface area (Å²) in [5, 5.41) is 8.96. The lowest BCUT2D eigenvalue weighted by molar-refractivity contribution is -0.0180. The molecule has 3 nitrogen and oxygen atoms in total. The fourth-order valence-electron chi connectivity index (χ4n) is 1.90. The Labute approximate surface area is 86.4 Å². The molecule has 1 fully saturated rings. The molecule has 0 aliphatic heterocycles. The first kappa shape index (κ1) is 12.0. The summed E-state index contributed by atoms with van der Waals surface area (Å²) >= 11 is 0. The summed E-state index contributed by atoms with van der Waals surface area (Å²) < 4.78 is 10.9. The Morgan fingerprint density at radius 3 is 2.43 bits per heavy atom. The highest BCUT2D eigenvalue weighted by molar-refractivity contribution is 4.72. The van der Waals surface area contributed by atoms with Crippen molar-refractivity contribution in [2.75, 3.05) is 26.4 Å². The number of aliphatic hydroxyl groups excluding tert-OH is 1. The van der Waals surface area contributed by atoms with E-state index in [1.807, 2.05) is 6.92 Å². The SMILES string of the molecule is CCOCCOC1CCC(CO)CC1. The van der Waals surface area contributed by atoms with Crippen molar-refractivity contribution >= 4 is 0 Å². The second kappa shape index (κ2) is 7.21. The Hall–Kier alpha value is -0.120. The molecule has 0 radical (unpaired) electrons. The Balaban J connectivity index is 1.98. The topological polar surface area (TPSA) is 38.7 Å². The average Bonchev–Trinajstić information content (AvgIpc) is 2.25. The monoisotopic (exact) mass is 202 g/mol. The van der Waals surface area contributed by atoms with Crippen molar-refractivity contribution in [3.8, 4) is 0 Å². The van der Waals surface area contributed by atoms with Gasteiger partial charge in [-0.1, -0.05) is 0 Å². The molecule has 84 valence electrons. The molecule has 14 heavy (non-hydrogen) atoms. The molecule has 1 aliphatic carbocycles. The van der Waals surface area contributed by atoms with Crippen molar-refractivity contribution in [1.82, 2.24) is 0 Å². The summed E-state index contributed by atoms with van der Waals surface area (Å²) in [5.74, 6) is 0.516. The van der Waals surface area contributed by atoms with E-state index in [4.69, 9.17) is 14.6 Å². The largest absolute Gasteiger partial charge is 0.396 e. The highest BCUT2D eigenvalue weighted by Gasteiger charge is 2.20. The fourth-order valence-corrected chi connectivity index (χ4v) is 1.90. The van der Waals surface area contributed by atoms with Gasteiger partial charge in [0.05, 0.1) is 19.3 Å². The van der Waals surface area contributed by atoms with Crippen LogP contribution in [0.2, 0.25) is 0 Å². The molecular weight excluding hydrogens is 180 g/mol. The molecule has 0 heterocycles. The van der Waals surface area contributed by atoms with Gasteiger partial charge in [0.15, 0.2) is 0 Å². The second-order valence-corrected chi connectivity index (χ2v) is 3.89. The van der Waals surface area contributed by atoms with Crippen LogP contribution in [-0.4, -0.2) is 37.6 Å². The number of aliphatic hydroxyl groups is 1. The van der Waals surface area contributed by atoms with Gasteiger partial charge in [-0.05, 0) is 38.5 Å². The minimum Gasteiger partial charge on any atom is -0.396 e. The minimum atomic E-state index is 0.339. The molecule has 0 spiro atoms. The number of hydrogen-bond acceptors (Lipinski definition) is 3. The van der Waals surface area contributed by atoms with E-state index < -0.39 is 0 Å². The molecular formula is C11H22O3. The highest BCUT2D eigenvalue weighted by Crippen LogP contribution is 2.25. The third kappa shape index (κ3) is 4.40. The molecule has 0 saturated heterocycles. The van der Waals surface area contributed by atoms with Gasteiger partial charge in [-0.2, -0.15) is 0 Å². The van der Waals surface area contributed by atoms with Crippen LogP contribution in [0.3, 0.4) is 0 Å². The van der Waals surface area contributed by atoms with Crippen LogP contribution in [0.4, 0.5) is 0 Å². The predicted molar refractivity (Wildman–Crippen MR) is 55.3 cm³/mol. The van der Waals surface area contributed by atoms with Crippen molar-refractivity contribution in [2.45, 2.75) is 38.7 Å². The molecule has 1 N–H and O–H groups in total. The average molecular weight is 202 g/mol. The quantitative estimate of drug-likeness (QED) is 0.665. The zero-order valence-electron chi connectivity index (χ0n) is 9.08. The van der Waals surface area contributed by atoms with Crippen molar-refractivity contribution in [2.24, 2.45) is 5.92 Å². The van der Waals surface area contributed by atoms with Crippen molar-refractivity contribution < 1.29 is 14.6 Å². The second-order valence-electron chi connectivity index (χ2n) is 3.89. The van der Waals surface area contributed by atoms with Crippen LogP contribution in [0.15, 0.2) is 0 Å². The van der Waals surface area contributed by atoms with E-state index in [9.17, 15) is 0 Å². The first-order valence-corrected chi connectivity index (χ1v) is 5.67. The summed E-state index contributed by atoms with van der Waals surface area (Å²) in [4.78, 5) is 0. The van der Waals surface area contributed by atoms with Crippen molar-refractivity contribution in [3.63, 3.8) is 0 Å². The molecule has 1 aliphatic rings. The van der Waals surface area contributed by atoms with Crippen LogP contribution >= 0.6 is 0 Å². The van der Waals surface area contributed by atoms with Crippen LogP contribution in [0.5, 0.6) is 0 Å². The van der Waals surface area contributed by atoms with Crippen LogP contribution in [0, 0.1) is 5.92 Å². The third-order valence-corrected chi connectivity index (χ3v) is 2.84.